The third-order valence-electron chi connectivity index (χ3n) is 7.09. The summed E-state index contributed by atoms with van der Waals surface area (Å²) in [5, 5.41) is 1.19. The minimum atomic E-state index is 1.10. The fourth-order valence-corrected chi connectivity index (χ4v) is 7.60. The highest BCUT2D eigenvalue weighted by molar-refractivity contribution is 8.15. The van der Waals surface area contributed by atoms with Gasteiger partial charge in [-0.15, -0.1) is 0 Å². The molecule has 0 amide bonds. The average molecular weight is 465 g/mol. The van der Waals surface area contributed by atoms with Crippen LogP contribution in [0, 0.1) is 0 Å². The van der Waals surface area contributed by atoms with Gasteiger partial charge in [0.15, 0.2) is 0 Å². The molecule has 6 rings (SSSR count). The van der Waals surface area contributed by atoms with Crippen LogP contribution in [-0.2, 0) is 25.7 Å². The van der Waals surface area contributed by atoms with Gasteiger partial charge in [-0.05, 0) is 92.8 Å². The SMILES string of the molecule is c1ccc2c(c1)Cc1c(CCSCSCCc3cccc4c3Cc3ccccc3-4)cccc1-2. The summed E-state index contributed by atoms with van der Waals surface area (Å²) in [7, 11) is 0. The van der Waals surface area contributed by atoms with E-state index < -0.39 is 0 Å². The maximum Gasteiger partial charge on any atom is 0.0392 e. The maximum atomic E-state index is 2.34. The van der Waals surface area contributed by atoms with E-state index in [1.165, 1.54) is 62.8 Å². The van der Waals surface area contributed by atoms with Gasteiger partial charge in [0.25, 0.3) is 0 Å². The fraction of sp³-hybridized carbons (Fsp3) is 0.226. The van der Waals surface area contributed by atoms with Crippen LogP contribution in [0.4, 0.5) is 0 Å². The lowest BCUT2D eigenvalue weighted by atomic mass is 10.00. The number of fused-ring (bicyclic) bond motifs is 6. The summed E-state index contributed by atoms with van der Waals surface area (Å²) in [6, 6.07) is 31.5. The van der Waals surface area contributed by atoms with Crippen LogP contribution in [0.5, 0.6) is 0 Å². The van der Waals surface area contributed by atoms with Gasteiger partial charge in [0.1, 0.15) is 0 Å². The molecular formula is C31H28S2. The Kier molecular flexibility index (Phi) is 6.05. The molecule has 2 heteroatoms. The van der Waals surface area contributed by atoms with Gasteiger partial charge < -0.3 is 0 Å². The summed E-state index contributed by atoms with van der Waals surface area (Å²) >= 11 is 4.18. The predicted molar refractivity (Wildman–Crippen MR) is 147 cm³/mol. The predicted octanol–water partition coefficient (Wildman–Crippen LogP) is 8.04. The second-order valence-electron chi connectivity index (χ2n) is 8.99. The topological polar surface area (TPSA) is 0 Å². The lowest BCUT2D eigenvalue weighted by Gasteiger charge is -2.10. The van der Waals surface area contributed by atoms with E-state index in [1.54, 1.807) is 22.3 Å². The van der Waals surface area contributed by atoms with Crippen molar-refractivity contribution in [1.29, 1.82) is 0 Å². The van der Waals surface area contributed by atoms with E-state index in [-0.39, 0.29) is 0 Å². The fourth-order valence-electron chi connectivity index (χ4n) is 5.46. The lowest BCUT2D eigenvalue weighted by Crippen LogP contribution is -1.97. The second-order valence-corrected chi connectivity index (χ2v) is 11.6. The van der Waals surface area contributed by atoms with Crippen molar-refractivity contribution >= 4 is 23.5 Å². The molecule has 2 aliphatic rings. The molecule has 0 unspecified atom stereocenters. The Morgan fingerprint density at radius 3 is 1.45 bits per heavy atom. The Labute approximate surface area is 205 Å². The lowest BCUT2D eigenvalue weighted by molar-refractivity contribution is 1.09. The highest BCUT2D eigenvalue weighted by Crippen LogP contribution is 2.39. The molecule has 33 heavy (non-hydrogen) atoms. The number of hydrogen-bond donors (Lipinski definition) is 0. The van der Waals surface area contributed by atoms with Crippen LogP contribution in [0.1, 0.15) is 33.4 Å². The molecule has 0 atom stereocenters. The Hall–Kier alpha value is -2.42. The molecule has 164 valence electrons. The van der Waals surface area contributed by atoms with E-state index in [9.17, 15) is 0 Å². The van der Waals surface area contributed by atoms with Crippen LogP contribution in [0.15, 0.2) is 84.9 Å². The minimum Gasteiger partial charge on any atom is -0.151 e. The first-order valence-electron chi connectivity index (χ1n) is 11.9. The first-order chi connectivity index (χ1) is 16.4. The Balaban J connectivity index is 0.985. The summed E-state index contributed by atoms with van der Waals surface area (Å²) in [6.07, 6.45) is 4.55. The Morgan fingerprint density at radius 2 is 0.939 bits per heavy atom. The van der Waals surface area contributed by atoms with Gasteiger partial charge in [-0.3, -0.25) is 0 Å². The summed E-state index contributed by atoms with van der Waals surface area (Å²) in [4.78, 5) is 0. The quantitative estimate of drug-likeness (QED) is 0.165. The van der Waals surface area contributed by atoms with Crippen LogP contribution in [0.2, 0.25) is 0 Å². The summed E-state index contributed by atoms with van der Waals surface area (Å²) < 4.78 is 0. The monoisotopic (exact) mass is 464 g/mol. The van der Waals surface area contributed by atoms with Gasteiger partial charge >= 0.3 is 0 Å². The Morgan fingerprint density at radius 1 is 0.485 bits per heavy atom. The zero-order chi connectivity index (χ0) is 22.0. The molecule has 0 aromatic heterocycles. The van der Waals surface area contributed by atoms with Gasteiger partial charge in [-0.2, -0.15) is 23.5 Å². The van der Waals surface area contributed by atoms with E-state index in [0.717, 1.165) is 12.8 Å². The third-order valence-corrected chi connectivity index (χ3v) is 9.41. The van der Waals surface area contributed by atoms with E-state index in [1.807, 2.05) is 0 Å². The van der Waals surface area contributed by atoms with Crippen molar-refractivity contribution in [2.24, 2.45) is 0 Å². The number of benzene rings is 4. The zero-order valence-electron chi connectivity index (χ0n) is 18.8. The van der Waals surface area contributed by atoms with E-state index >= 15 is 0 Å². The molecule has 0 heterocycles. The molecule has 0 bridgehead atoms. The second kappa shape index (κ2) is 9.44. The number of hydrogen-bond acceptors (Lipinski definition) is 2. The standard InChI is InChI=1S/C31H28S2/c1-3-11-26-24(7-1)19-30-22(9-5-13-28(26)30)15-17-32-21-33-18-16-23-10-6-14-29-27-12-4-2-8-25(27)20-31(23)29/h1-14H,15-21H2. The molecule has 0 radical (unpaired) electrons. The maximum absolute atomic E-state index is 2.34. The van der Waals surface area contributed by atoms with Crippen molar-refractivity contribution in [2.45, 2.75) is 25.7 Å². The molecule has 4 aromatic rings. The zero-order valence-corrected chi connectivity index (χ0v) is 20.5. The van der Waals surface area contributed by atoms with Crippen molar-refractivity contribution in [1.82, 2.24) is 0 Å². The molecular weight excluding hydrogens is 436 g/mol. The molecule has 0 aliphatic heterocycles. The number of rotatable bonds is 8. The van der Waals surface area contributed by atoms with Crippen molar-refractivity contribution in [3.05, 3.63) is 118 Å². The van der Waals surface area contributed by atoms with E-state index in [4.69, 9.17) is 0 Å². The number of aryl methyl sites for hydroxylation is 2. The van der Waals surface area contributed by atoms with Crippen LogP contribution < -0.4 is 0 Å². The molecule has 0 spiro atoms. The van der Waals surface area contributed by atoms with Crippen molar-refractivity contribution in [3.63, 3.8) is 0 Å². The molecule has 0 N–H and O–H groups in total. The number of thioether (sulfide) groups is 2. The van der Waals surface area contributed by atoms with Crippen molar-refractivity contribution in [3.8, 4) is 22.3 Å². The van der Waals surface area contributed by atoms with Gasteiger partial charge in [0, 0.05) is 5.08 Å². The van der Waals surface area contributed by atoms with Gasteiger partial charge in [0.05, 0.1) is 0 Å². The summed E-state index contributed by atoms with van der Waals surface area (Å²) in [5.74, 6) is 2.41. The van der Waals surface area contributed by atoms with Crippen LogP contribution in [0.25, 0.3) is 22.3 Å². The largest absolute Gasteiger partial charge is 0.151 e. The normalized spacial score (nSPS) is 12.8. The van der Waals surface area contributed by atoms with Crippen molar-refractivity contribution < 1.29 is 0 Å². The molecule has 0 fully saturated rings. The minimum absolute atomic E-state index is 1.10. The molecule has 4 aromatic carbocycles. The molecule has 0 saturated heterocycles. The molecule has 0 saturated carbocycles. The van der Waals surface area contributed by atoms with E-state index in [2.05, 4.69) is 108 Å². The molecule has 2 aliphatic carbocycles. The molecule has 0 nitrogen and oxygen atoms in total. The van der Waals surface area contributed by atoms with E-state index in [0.29, 0.717) is 0 Å². The van der Waals surface area contributed by atoms with Crippen LogP contribution in [0.3, 0.4) is 0 Å². The Bertz CT molecular complexity index is 1200. The first-order valence-corrected chi connectivity index (χ1v) is 14.2. The first kappa shape index (κ1) is 21.1. The third kappa shape index (κ3) is 4.16. The summed E-state index contributed by atoms with van der Waals surface area (Å²) in [6.45, 7) is 0. The highest BCUT2D eigenvalue weighted by atomic mass is 32.2. The van der Waals surface area contributed by atoms with Gasteiger partial charge in [-0.25, -0.2) is 0 Å². The van der Waals surface area contributed by atoms with Crippen LogP contribution >= 0.6 is 23.5 Å². The average Bonchev–Trinajstić information content (AvgIpc) is 3.43. The highest BCUT2D eigenvalue weighted by Gasteiger charge is 2.21. The van der Waals surface area contributed by atoms with Gasteiger partial charge in [-0.1, -0.05) is 84.9 Å². The summed E-state index contributed by atoms with van der Waals surface area (Å²) in [5.41, 5.74) is 15.0. The van der Waals surface area contributed by atoms with Gasteiger partial charge in [0.2, 0.25) is 0 Å². The van der Waals surface area contributed by atoms with Crippen molar-refractivity contribution in [2.75, 3.05) is 16.6 Å². The smallest absolute Gasteiger partial charge is 0.0392 e. The van der Waals surface area contributed by atoms with Crippen LogP contribution in [-0.4, -0.2) is 16.6 Å².